The highest BCUT2D eigenvalue weighted by Crippen LogP contribution is 2.36. The topological polar surface area (TPSA) is 43.8 Å². The minimum absolute atomic E-state index is 0.0123. The van der Waals surface area contributed by atoms with Gasteiger partial charge < -0.3 is 5.73 Å². The molecule has 0 saturated carbocycles. The fourth-order valence-corrected chi connectivity index (χ4v) is 2.66. The smallest absolute Gasteiger partial charge is 0.369 e. The third kappa shape index (κ3) is 2.37. The van der Waals surface area contributed by atoms with Gasteiger partial charge in [-0.25, -0.2) is 4.98 Å². The van der Waals surface area contributed by atoms with Crippen LogP contribution in [0.15, 0.2) is 46.9 Å². The van der Waals surface area contributed by atoms with Crippen molar-refractivity contribution in [3.05, 3.63) is 52.5 Å². The van der Waals surface area contributed by atoms with Gasteiger partial charge in [0.1, 0.15) is 0 Å². The van der Waals surface area contributed by atoms with Crippen molar-refractivity contribution in [2.24, 2.45) is 0 Å². The highest BCUT2D eigenvalue weighted by molar-refractivity contribution is 9.10. The van der Waals surface area contributed by atoms with Crippen molar-refractivity contribution < 1.29 is 13.2 Å². The summed E-state index contributed by atoms with van der Waals surface area (Å²) in [6.07, 6.45) is -4.44. The summed E-state index contributed by atoms with van der Waals surface area (Å²) in [6, 6.07) is 11.1. The van der Waals surface area contributed by atoms with Crippen LogP contribution in [0.1, 0.15) is 5.56 Å². The van der Waals surface area contributed by atoms with Crippen LogP contribution in [0.2, 0.25) is 0 Å². The Kier molecular flexibility index (Phi) is 3.16. The van der Waals surface area contributed by atoms with E-state index in [4.69, 9.17) is 5.73 Å². The number of nitrogen functional groups attached to an aromatic ring is 1. The maximum Gasteiger partial charge on any atom is 0.417 e. The van der Waals surface area contributed by atoms with Gasteiger partial charge in [0.2, 0.25) is 5.95 Å². The number of rotatable bonds is 1. The largest absolute Gasteiger partial charge is 0.417 e. The lowest BCUT2D eigenvalue weighted by molar-refractivity contribution is -0.138. The summed E-state index contributed by atoms with van der Waals surface area (Å²) < 4.78 is 40.5. The molecule has 7 heteroatoms. The van der Waals surface area contributed by atoms with Crippen molar-refractivity contribution in [3.63, 3.8) is 0 Å². The van der Waals surface area contributed by atoms with E-state index in [1.165, 1.54) is 10.6 Å². The molecule has 108 valence electrons. The number of fused-ring (bicyclic) bond motifs is 1. The van der Waals surface area contributed by atoms with E-state index in [0.717, 1.165) is 6.07 Å². The van der Waals surface area contributed by atoms with Crippen LogP contribution < -0.4 is 5.73 Å². The highest BCUT2D eigenvalue weighted by Gasteiger charge is 2.33. The van der Waals surface area contributed by atoms with Gasteiger partial charge in [-0.1, -0.05) is 28.1 Å². The molecular weight excluding hydrogens is 347 g/mol. The first kappa shape index (κ1) is 13.9. The number of anilines is 1. The zero-order valence-corrected chi connectivity index (χ0v) is 12.1. The van der Waals surface area contributed by atoms with Gasteiger partial charge in [0, 0.05) is 10.2 Å². The number of imidazole rings is 1. The Bertz CT molecular complexity index is 824. The molecule has 0 aliphatic carbocycles. The lowest BCUT2D eigenvalue weighted by Crippen LogP contribution is -2.08. The molecule has 0 amide bonds. The van der Waals surface area contributed by atoms with Gasteiger partial charge >= 0.3 is 6.18 Å². The van der Waals surface area contributed by atoms with Crippen molar-refractivity contribution >= 4 is 32.9 Å². The normalized spacial score (nSPS) is 12.0. The molecule has 2 aromatic carbocycles. The second-order valence-corrected chi connectivity index (χ2v) is 5.31. The monoisotopic (exact) mass is 355 g/mol. The van der Waals surface area contributed by atoms with Crippen LogP contribution in [-0.4, -0.2) is 9.55 Å². The molecule has 21 heavy (non-hydrogen) atoms. The summed E-state index contributed by atoms with van der Waals surface area (Å²) in [6.45, 7) is 0. The molecule has 0 aliphatic rings. The molecule has 2 N–H and O–H groups in total. The predicted molar refractivity (Wildman–Crippen MR) is 78.2 cm³/mol. The Hall–Kier alpha value is -2.02. The van der Waals surface area contributed by atoms with Gasteiger partial charge in [-0.2, -0.15) is 13.2 Å². The second-order valence-electron chi connectivity index (χ2n) is 4.46. The average molecular weight is 356 g/mol. The Morgan fingerprint density at radius 1 is 1.10 bits per heavy atom. The van der Waals surface area contributed by atoms with Crippen molar-refractivity contribution in [1.29, 1.82) is 0 Å². The summed E-state index contributed by atoms with van der Waals surface area (Å²) in [5, 5.41) is 0. The number of hydrogen-bond acceptors (Lipinski definition) is 2. The Morgan fingerprint density at radius 3 is 2.52 bits per heavy atom. The van der Waals surface area contributed by atoms with E-state index in [2.05, 4.69) is 20.9 Å². The number of nitrogens with two attached hydrogens (primary N) is 1. The summed E-state index contributed by atoms with van der Waals surface area (Å²) in [4.78, 5) is 4.15. The molecule has 0 aliphatic heterocycles. The lowest BCUT2D eigenvalue weighted by atomic mass is 10.2. The molecule has 3 rings (SSSR count). The molecule has 3 aromatic rings. The summed E-state index contributed by atoms with van der Waals surface area (Å²) in [7, 11) is 0. The Morgan fingerprint density at radius 2 is 1.81 bits per heavy atom. The van der Waals surface area contributed by atoms with Crippen LogP contribution in [0.5, 0.6) is 0 Å². The number of para-hydroxylation sites is 2. The van der Waals surface area contributed by atoms with Crippen LogP contribution >= 0.6 is 15.9 Å². The van der Waals surface area contributed by atoms with Crippen LogP contribution in [-0.2, 0) is 6.18 Å². The molecule has 1 heterocycles. The minimum atomic E-state index is -4.44. The van der Waals surface area contributed by atoms with Gasteiger partial charge in [-0.05, 0) is 30.3 Å². The molecule has 0 bridgehead atoms. The first-order valence-electron chi connectivity index (χ1n) is 5.98. The van der Waals surface area contributed by atoms with E-state index in [1.807, 2.05) is 0 Å². The molecule has 0 fully saturated rings. The number of alkyl halides is 3. The Balaban J connectivity index is 2.27. The van der Waals surface area contributed by atoms with Gasteiger partial charge in [0.15, 0.2) is 0 Å². The van der Waals surface area contributed by atoms with Crippen molar-refractivity contribution in [2.45, 2.75) is 6.18 Å². The fourth-order valence-electron chi connectivity index (χ4n) is 2.19. The second kappa shape index (κ2) is 4.77. The summed E-state index contributed by atoms with van der Waals surface area (Å²) in [5.74, 6) is 0.145. The number of aromatic nitrogens is 2. The van der Waals surface area contributed by atoms with Crippen LogP contribution in [0.3, 0.4) is 0 Å². The average Bonchev–Trinajstić information content (AvgIpc) is 2.74. The van der Waals surface area contributed by atoms with E-state index in [9.17, 15) is 13.2 Å². The molecule has 0 unspecified atom stereocenters. The van der Waals surface area contributed by atoms with E-state index < -0.39 is 11.7 Å². The molecule has 1 aromatic heterocycles. The number of halogens is 4. The maximum absolute atomic E-state index is 13.0. The molecular formula is C14H9BrF3N3. The van der Waals surface area contributed by atoms with Gasteiger partial charge in [0.25, 0.3) is 0 Å². The molecule has 0 radical (unpaired) electrons. The van der Waals surface area contributed by atoms with E-state index >= 15 is 0 Å². The van der Waals surface area contributed by atoms with Gasteiger partial charge in [-0.15, -0.1) is 0 Å². The fraction of sp³-hybridized carbons (Fsp3) is 0.0714. The van der Waals surface area contributed by atoms with Crippen LogP contribution in [0.4, 0.5) is 19.1 Å². The quantitative estimate of drug-likeness (QED) is 0.703. The van der Waals surface area contributed by atoms with Crippen molar-refractivity contribution in [3.8, 4) is 5.69 Å². The highest BCUT2D eigenvalue weighted by atomic mass is 79.9. The molecule has 0 spiro atoms. The molecule has 3 nitrogen and oxygen atoms in total. The SMILES string of the molecule is Nc1nc2ccccc2n1-c1ccc(Br)c(C(F)(F)F)c1. The number of hydrogen-bond donors (Lipinski definition) is 1. The molecule has 0 atom stereocenters. The third-order valence-corrected chi connectivity index (χ3v) is 3.79. The van der Waals surface area contributed by atoms with Crippen molar-refractivity contribution in [1.82, 2.24) is 9.55 Å². The van der Waals surface area contributed by atoms with E-state index in [0.29, 0.717) is 16.7 Å². The minimum Gasteiger partial charge on any atom is -0.369 e. The van der Waals surface area contributed by atoms with Crippen molar-refractivity contribution in [2.75, 3.05) is 5.73 Å². The van der Waals surface area contributed by atoms with E-state index in [1.54, 1.807) is 30.3 Å². The maximum atomic E-state index is 13.0. The predicted octanol–water partition coefficient (Wildman–Crippen LogP) is 4.39. The summed E-state index contributed by atoms with van der Waals surface area (Å²) in [5.41, 5.74) is 6.69. The van der Waals surface area contributed by atoms with Crippen LogP contribution in [0.25, 0.3) is 16.7 Å². The van der Waals surface area contributed by atoms with E-state index in [-0.39, 0.29) is 10.4 Å². The first-order chi connectivity index (χ1) is 9.88. The zero-order chi connectivity index (χ0) is 15.2. The van der Waals surface area contributed by atoms with Crippen LogP contribution in [0, 0.1) is 0 Å². The Labute approximate surface area is 126 Å². The third-order valence-electron chi connectivity index (χ3n) is 3.10. The van der Waals surface area contributed by atoms with Gasteiger partial charge in [0.05, 0.1) is 16.6 Å². The number of nitrogens with zero attached hydrogens (tertiary/aromatic N) is 2. The standard InChI is InChI=1S/C14H9BrF3N3/c15-10-6-5-8(7-9(10)14(16,17)18)21-12-4-2-1-3-11(12)20-13(21)19/h1-7H,(H2,19,20). The lowest BCUT2D eigenvalue weighted by Gasteiger charge is -2.13. The zero-order valence-electron chi connectivity index (χ0n) is 10.5. The first-order valence-corrected chi connectivity index (χ1v) is 6.77. The summed E-state index contributed by atoms with van der Waals surface area (Å²) >= 11 is 2.92. The van der Waals surface area contributed by atoms with Gasteiger partial charge in [-0.3, -0.25) is 4.57 Å². The number of benzene rings is 2. The molecule has 0 saturated heterocycles.